The van der Waals surface area contributed by atoms with Crippen LogP contribution in [-0.4, -0.2) is 20.9 Å². The lowest BCUT2D eigenvalue weighted by atomic mass is 9.86. The lowest BCUT2D eigenvalue weighted by Crippen LogP contribution is -2.24. The third kappa shape index (κ3) is 2.55. The van der Waals surface area contributed by atoms with Crippen LogP contribution in [0.5, 0.6) is 0 Å². The zero-order valence-corrected chi connectivity index (χ0v) is 9.21. The molecule has 88 valence electrons. The Kier molecular flexibility index (Phi) is 2.92. The second-order valence-corrected chi connectivity index (χ2v) is 4.29. The molecular formula is C9H11ClF2N4. The van der Waals surface area contributed by atoms with E-state index in [0.29, 0.717) is 18.7 Å². The Morgan fingerprint density at radius 2 is 1.81 bits per heavy atom. The summed E-state index contributed by atoms with van der Waals surface area (Å²) in [7, 11) is 0. The van der Waals surface area contributed by atoms with E-state index in [0.717, 1.165) is 0 Å². The summed E-state index contributed by atoms with van der Waals surface area (Å²) in [4.78, 5) is 11.5. The topological polar surface area (TPSA) is 64.7 Å². The van der Waals surface area contributed by atoms with Gasteiger partial charge in [-0.05, 0) is 24.4 Å². The van der Waals surface area contributed by atoms with Crippen LogP contribution in [0.2, 0.25) is 5.28 Å². The van der Waals surface area contributed by atoms with Crippen molar-refractivity contribution in [1.82, 2.24) is 15.0 Å². The Hall–Kier alpha value is -1.04. The van der Waals surface area contributed by atoms with Crippen molar-refractivity contribution in [2.24, 2.45) is 0 Å². The number of alkyl halides is 2. The number of hydrogen-bond donors (Lipinski definition) is 1. The van der Waals surface area contributed by atoms with Gasteiger partial charge >= 0.3 is 0 Å². The largest absolute Gasteiger partial charge is 0.368 e. The van der Waals surface area contributed by atoms with Crippen LogP contribution >= 0.6 is 11.6 Å². The van der Waals surface area contributed by atoms with Crippen LogP contribution in [0, 0.1) is 0 Å². The van der Waals surface area contributed by atoms with E-state index in [9.17, 15) is 8.78 Å². The molecule has 1 aliphatic carbocycles. The number of rotatable bonds is 1. The van der Waals surface area contributed by atoms with Gasteiger partial charge in [0.25, 0.3) is 0 Å². The zero-order valence-electron chi connectivity index (χ0n) is 8.46. The minimum atomic E-state index is -2.56. The summed E-state index contributed by atoms with van der Waals surface area (Å²) in [5, 5.41) is 0.0137. The van der Waals surface area contributed by atoms with Crippen LogP contribution in [0.3, 0.4) is 0 Å². The molecule has 0 spiro atoms. The molecule has 0 amide bonds. The van der Waals surface area contributed by atoms with Gasteiger partial charge in [0.05, 0.1) is 0 Å². The molecule has 0 atom stereocenters. The number of aromatic nitrogens is 3. The van der Waals surface area contributed by atoms with Crippen LogP contribution in [-0.2, 0) is 0 Å². The minimum Gasteiger partial charge on any atom is -0.368 e. The summed E-state index contributed by atoms with van der Waals surface area (Å²) in [5.74, 6) is -2.19. The molecule has 0 aromatic carbocycles. The monoisotopic (exact) mass is 248 g/mol. The molecule has 1 heterocycles. The normalized spacial score (nSPS) is 20.9. The van der Waals surface area contributed by atoms with Crippen molar-refractivity contribution < 1.29 is 8.78 Å². The number of nitrogens with two attached hydrogens (primary N) is 1. The molecule has 1 aromatic rings. The molecule has 0 radical (unpaired) electrons. The quantitative estimate of drug-likeness (QED) is 0.829. The third-order valence-electron chi connectivity index (χ3n) is 2.72. The van der Waals surface area contributed by atoms with E-state index in [4.69, 9.17) is 17.3 Å². The molecule has 0 bridgehead atoms. The van der Waals surface area contributed by atoms with Gasteiger partial charge in [0.2, 0.25) is 17.2 Å². The summed E-state index contributed by atoms with van der Waals surface area (Å²) >= 11 is 5.64. The summed E-state index contributed by atoms with van der Waals surface area (Å²) in [5.41, 5.74) is 5.42. The fourth-order valence-electron chi connectivity index (χ4n) is 1.86. The van der Waals surface area contributed by atoms with Gasteiger partial charge in [-0.2, -0.15) is 9.97 Å². The maximum Gasteiger partial charge on any atom is 0.248 e. The Morgan fingerprint density at radius 3 is 2.38 bits per heavy atom. The van der Waals surface area contributed by atoms with Gasteiger partial charge < -0.3 is 5.73 Å². The number of halogens is 3. The molecule has 1 saturated carbocycles. The average molecular weight is 249 g/mol. The van der Waals surface area contributed by atoms with Crippen LogP contribution in [0.1, 0.15) is 37.4 Å². The molecule has 2 rings (SSSR count). The third-order valence-corrected chi connectivity index (χ3v) is 2.89. The van der Waals surface area contributed by atoms with Crippen molar-refractivity contribution in [3.05, 3.63) is 11.1 Å². The maximum absolute atomic E-state index is 12.9. The van der Waals surface area contributed by atoms with Crippen LogP contribution in [0.25, 0.3) is 0 Å². The highest BCUT2D eigenvalue weighted by atomic mass is 35.5. The van der Waals surface area contributed by atoms with Gasteiger partial charge in [0.1, 0.15) is 5.82 Å². The predicted molar refractivity (Wildman–Crippen MR) is 55.4 cm³/mol. The van der Waals surface area contributed by atoms with Crippen molar-refractivity contribution >= 4 is 17.5 Å². The number of anilines is 1. The number of nitrogen functional groups attached to an aromatic ring is 1. The smallest absolute Gasteiger partial charge is 0.248 e. The van der Waals surface area contributed by atoms with Gasteiger partial charge in [-0.25, -0.2) is 13.8 Å². The Balaban J connectivity index is 2.14. The van der Waals surface area contributed by atoms with Crippen LogP contribution in [0.15, 0.2) is 0 Å². The molecule has 7 heteroatoms. The van der Waals surface area contributed by atoms with Crippen molar-refractivity contribution in [3.8, 4) is 0 Å². The first-order chi connectivity index (χ1) is 7.46. The van der Waals surface area contributed by atoms with Crippen LogP contribution in [0.4, 0.5) is 14.7 Å². The molecule has 1 aliphatic rings. The van der Waals surface area contributed by atoms with E-state index >= 15 is 0 Å². The molecule has 0 aliphatic heterocycles. The molecule has 16 heavy (non-hydrogen) atoms. The SMILES string of the molecule is Nc1nc(Cl)nc(C2CCC(F)(F)CC2)n1. The highest BCUT2D eigenvalue weighted by Gasteiger charge is 2.36. The maximum atomic E-state index is 12.9. The van der Waals surface area contributed by atoms with Crippen molar-refractivity contribution in [3.63, 3.8) is 0 Å². The molecular weight excluding hydrogens is 238 g/mol. The van der Waals surface area contributed by atoms with E-state index < -0.39 is 5.92 Å². The van der Waals surface area contributed by atoms with Crippen molar-refractivity contribution in [2.45, 2.75) is 37.5 Å². The van der Waals surface area contributed by atoms with E-state index in [1.54, 1.807) is 0 Å². The minimum absolute atomic E-state index is 0.0137. The zero-order chi connectivity index (χ0) is 11.8. The standard InChI is InChI=1S/C9H11ClF2N4/c10-7-14-6(15-8(13)16-7)5-1-3-9(11,12)4-2-5/h5H,1-4H2,(H2,13,14,15,16). The van der Waals surface area contributed by atoms with E-state index in [1.165, 1.54) is 0 Å². The first-order valence-electron chi connectivity index (χ1n) is 5.01. The predicted octanol–water partition coefficient (Wildman–Crippen LogP) is 2.40. The fraction of sp³-hybridized carbons (Fsp3) is 0.667. The Morgan fingerprint density at radius 1 is 1.19 bits per heavy atom. The molecule has 1 fully saturated rings. The van der Waals surface area contributed by atoms with Gasteiger partial charge in [0.15, 0.2) is 0 Å². The van der Waals surface area contributed by atoms with Gasteiger partial charge in [-0.15, -0.1) is 0 Å². The molecule has 2 N–H and O–H groups in total. The van der Waals surface area contributed by atoms with E-state index in [-0.39, 0.29) is 30.0 Å². The Bertz CT molecular complexity index is 369. The lowest BCUT2D eigenvalue weighted by Gasteiger charge is -2.27. The Labute approximate surface area is 96.2 Å². The van der Waals surface area contributed by atoms with E-state index in [2.05, 4.69) is 15.0 Å². The molecule has 0 saturated heterocycles. The second-order valence-electron chi connectivity index (χ2n) is 3.95. The summed E-state index contributed by atoms with van der Waals surface area (Å²) in [6.45, 7) is 0. The van der Waals surface area contributed by atoms with Crippen molar-refractivity contribution in [2.75, 3.05) is 5.73 Å². The molecule has 1 aromatic heterocycles. The highest BCUT2D eigenvalue weighted by Crippen LogP contribution is 2.39. The van der Waals surface area contributed by atoms with Gasteiger partial charge in [0, 0.05) is 18.8 Å². The average Bonchev–Trinajstić information content (AvgIpc) is 2.15. The summed E-state index contributed by atoms with van der Waals surface area (Å²) in [6.07, 6.45) is 0.432. The summed E-state index contributed by atoms with van der Waals surface area (Å²) < 4.78 is 25.9. The van der Waals surface area contributed by atoms with Gasteiger partial charge in [-0.1, -0.05) is 0 Å². The molecule has 4 nitrogen and oxygen atoms in total. The fourth-order valence-corrected chi connectivity index (χ4v) is 2.04. The lowest BCUT2D eigenvalue weighted by molar-refractivity contribution is -0.0387. The number of hydrogen-bond acceptors (Lipinski definition) is 4. The molecule has 0 unspecified atom stereocenters. The first kappa shape index (κ1) is 11.4. The van der Waals surface area contributed by atoms with E-state index in [1.807, 2.05) is 0 Å². The second kappa shape index (κ2) is 4.08. The van der Waals surface area contributed by atoms with Gasteiger partial charge in [-0.3, -0.25) is 0 Å². The first-order valence-corrected chi connectivity index (χ1v) is 5.39. The number of nitrogens with zero attached hydrogens (tertiary/aromatic N) is 3. The highest BCUT2D eigenvalue weighted by molar-refractivity contribution is 6.28. The van der Waals surface area contributed by atoms with Crippen molar-refractivity contribution in [1.29, 1.82) is 0 Å². The summed E-state index contributed by atoms with van der Waals surface area (Å²) in [6, 6.07) is 0. The van der Waals surface area contributed by atoms with Crippen LogP contribution < -0.4 is 5.73 Å².